The summed E-state index contributed by atoms with van der Waals surface area (Å²) in [6.07, 6.45) is 3.60. The van der Waals surface area contributed by atoms with E-state index < -0.39 is 0 Å². The van der Waals surface area contributed by atoms with Crippen molar-refractivity contribution in [1.29, 1.82) is 5.26 Å². The van der Waals surface area contributed by atoms with E-state index in [9.17, 15) is 4.39 Å². The third kappa shape index (κ3) is 3.24. The molecule has 0 saturated heterocycles. The molecule has 3 nitrogen and oxygen atoms in total. The Morgan fingerprint density at radius 1 is 1.56 bits per heavy atom. The second-order valence-electron chi connectivity index (χ2n) is 3.07. The van der Waals surface area contributed by atoms with E-state index in [4.69, 9.17) is 5.26 Å². The quantitative estimate of drug-likeness (QED) is 0.372. The molecule has 0 bridgehead atoms. The molecule has 0 aliphatic carbocycles. The van der Waals surface area contributed by atoms with Crippen LogP contribution in [0.4, 0.5) is 4.39 Å². The molecule has 1 aromatic rings. The number of aliphatic imine (C=N–C) groups is 1. The van der Waals surface area contributed by atoms with Crippen LogP contribution in [0.5, 0.6) is 0 Å². The highest BCUT2D eigenvalue weighted by molar-refractivity contribution is 8.13. The van der Waals surface area contributed by atoms with Gasteiger partial charge in [-0.3, -0.25) is 10.3 Å². The van der Waals surface area contributed by atoms with Gasteiger partial charge >= 0.3 is 0 Å². The fraction of sp³-hybridized carbons (Fsp3) is 0.273. The average molecular weight is 237 g/mol. The molecular weight excluding hydrogens is 225 g/mol. The monoisotopic (exact) mass is 237 g/mol. The maximum Gasteiger partial charge on any atom is 0.183 e. The minimum absolute atomic E-state index is 0.281. The Kier molecular flexibility index (Phi) is 4.80. The van der Waals surface area contributed by atoms with Gasteiger partial charge in [0.1, 0.15) is 5.82 Å². The van der Waals surface area contributed by atoms with Gasteiger partial charge in [-0.15, -0.1) is 0 Å². The number of hydrogen-bond acceptors (Lipinski definition) is 3. The first-order valence-electron chi connectivity index (χ1n) is 4.70. The van der Waals surface area contributed by atoms with Gasteiger partial charge in [-0.1, -0.05) is 30.0 Å². The molecule has 1 N–H and O–H groups in total. The normalized spacial score (nSPS) is 13.0. The predicted octanol–water partition coefficient (Wildman–Crippen LogP) is 2.68. The third-order valence-corrected chi connectivity index (χ3v) is 2.62. The third-order valence-electron chi connectivity index (χ3n) is 2.02. The van der Waals surface area contributed by atoms with E-state index in [1.165, 1.54) is 17.8 Å². The van der Waals surface area contributed by atoms with Crippen LogP contribution in [0.15, 0.2) is 29.3 Å². The lowest BCUT2D eigenvalue weighted by Crippen LogP contribution is -2.14. The molecule has 0 spiro atoms. The van der Waals surface area contributed by atoms with Crippen LogP contribution in [0.25, 0.3) is 0 Å². The lowest BCUT2D eigenvalue weighted by atomic mass is 10.1. The molecule has 1 atom stereocenters. The van der Waals surface area contributed by atoms with E-state index in [0.717, 1.165) is 0 Å². The van der Waals surface area contributed by atoms with Gasteiger partial charge in [-0.25, -0.2) is 4.39 Å². The van der Waals surface area contributed by atoms with Gasteiger partial charge in [0, 0.05) is 5.56 Å². The van der Waals surface area contributed by atoms with Gasteiger partial charge < -0.3 is 0 Å². The van der Waals surface area contributed by atoms with E-state index in [2.05, 4.69) is 10.3 Å². The van der Waals surface area contributed by atoms with Crippen molar-refractivity contribution in [2.24, 2.45) is 4.99 Å². The molecule has 0 aliphatic heterocycles. The minimum atomic E-state index is -0.315. The summed E-state index contributed by atoms with van der Waals surface area (Å²) >= 11 is 1.32. The number of nitriles is 1. The lowest BCUT2D eigenvalue weighted by Gasteiger charge is -2.09. The Morgan fingerprint density at radius 3 is 2.81 bits per heavy atom. The van der Waals surface area contributed by atoms with E-state index in [-0.39, 0.29) is 11.9 Å². The van der Waals surface area contributed by atoms with Crippen LogP contribution in [0.1, 0.15) is 18.5 Å². The molecule has 0 aliphatic rings. The van der Waals surface area contributed by atoms with E-state index >= 15 is 0 Å². The molecule has 1 rings (SSSR count). The highest BCUT2D eigenvalue weighted by atomic mass is 32.2. The number of amidine groups is 1. The summed E-state index contributed by atoms with van der Waals surface area (Å²) in [4.78, 5) is 4.22. The molecule has 0 amide bonds. The van der Waals surface area contributed by atoms with Crippen molar-refractivity contribution in [2.75, 3.05) is 6.26 Å². The fourth-order valence-corrected chi connectivity index (χ4v) is 1.65. The summed E-state index contributed by atoms with van der Waals surface area (Å²) in [5.74, 6) is -0.281. The maximum absolute atomic E-state index is 13.4. The molecule has 0 radical (unpaired) electrons. The summed E-state index contributed by atoms with van der Waals surface area (Å²) < 4.78 is 13.4. The Labute approximate surface area is 98.4 Å². The number of nitrogens with zero attached hydrogens (tertiary/aromatic N) is 2. The molecule has 1 aromatic carbocycles. The van der Waals surface area contributed by atoms with Crippen molar-refractivity contribution in [3.63, 3.8) is 0 Å². The van der Waals surface area contributed by atoms with Crippen molar-refractivity contribution in [1.82, 2.24) is 5.32 Å². The number of nitrogens with one attached hydrogen (secondary N) is 1. The zero-order valence-corrected chi connectivity index (χ0v) is 9.88. The van der Waals surface area contributed by atoms with Crippen LogP contribution in [-0.4, -0.2) is 11.4 Å². The second-order valence-corrected chi connectivity index (χ2v) is 3.87. The topological polar surface area (TPSA) is 48.2 Å². The van der Waals surface area contributed by atoms with E-state index in [1.807, 2.05) is 0 Å². The van der Waals surface area contributed by atoms with E-state index in [1.54, 1.807) is 37.6 Å². The van der Waals surface area contributed by atoms with Crippen molar-refractivity contribution in [2.45, 2.75) is 13.0 Å². The summed E-state index contributed by atoms with van der Waals surface area (Å²) in [5.41, 5.74) is 0.522. The summed E-state index contributed by atoms with van der Waals surface area (Å²) in [6.45, 7) is 1.79. The van der Waals surface area contributed by atoms with Gasteiger partial charge in [0.05, 0.1) is 6.04 Å². The molecule has 0 aromatic heterocycles. The molecule has 16 heavy (non-hydrogen) atoms. The molecule has 84 valence electrons. The molecular formula is C11H12FN3S. The molecule has 1 unspecified atom stereocenters. The minimum Gasteiger partial charge on any atom is -0.272 e. The second kappa shape index (κ2) is 6.13. The van der Waals surface area contributed by atoms with Crippen LogP contribution in [0, 0.1) is 17.3 Å². The fourth-order valence-electron chi connectivity index (χ4n) is 1.24. The summed E-state index contributed by atoms with van der Waals surface area (Å²) in [6, 6.07) is 6.18. The van der Waals surface area contributed by atoms with Gasteiger partial charge in [0.25, 0.3) is 0 Å². The van der Waals surface area contributed by atoms with Crippen molar-refractivity contribution < 1.29 is 4.39 Å². The number of rotatable bonds is 2. The smallest absolute Gasteiger partial charge is 0.183 e. The zero-order valence-electron chi connectivity index (χ0n) is 9.07. The molecule has 5 heteroatoms. The highest BCUT2D eigenvalue weighted by Crippen LogP contribution is 2.20. The number of benzene rings is 1. The van der Waals surface area contributed by atoms with Crippen LogP contribution in [0.3, 0.4) is 0 Å². The first kappa shape index (κ1) is 12.5. The average Bonchev–Trinajstić information content (AvgIpc) is 2.28. The summed E-state index contributed by atoms with van der Waals surface area (Å²) in [7, 11) is 0. The largest absolute Gasteiger partial charge is 0.272 e. The molecule has 0 heterocycles. The standard InChI is InChI=1S/C11H12FN3S/c1-8(15-11(16-2)14-7-13)9-5-3-4-6-10(9)12/h3-6,8H,1-2H3,(H,14,15). The molecule has 0 saturated carbocycles. The van der Waals surface area contributed by atoms with Crippen LogP contribution < -0.4 is 5.32 Å². The van der Waals surface area contributed by atoms with Gasteiger partial charge in [0.15, 0.2) is 11.4 Å². The van der Waals surface area contributed by atoms with Gasteiger partial charge in [0.2, 0.25) is 0 Å². The van der Waals surface area contributed by atoms with E-state index in [0.29, 0.717) is 10.7 Å². The SMILES string of the molecule is CSC(=NC(C)c1ccccc1F)NC#N. The Balaban J connectivity index is 2.90. The Morgan fingerprint density at radius 2 is 2.25 bits per heavy atom. The first-order chi connectivity index (χ1) is 7.69. The van der Waals surface area contributed by atoms with Gasteiger partial charge in [-0.2, -0.15) is 5.26 Å². The van der Waals surface area contributed by atoms with Crippen LogP contribution in [-0.2, 0) is 0 Å². The maximum atomic E-state index is 13.4. The lowest BCUT2D eigenvalue weighted by molar-refractivity contribution is 0.594. The Hall–Kier alpha value is -1.54. The highest BCUT2D eigenvalue weighted by Gasteiger charge is 2.09. The number of hydrogen-bond donors (Lipinski definition) is 1. The van der Waals surface area contributed by atoms with Crippen LogP contribution in [0.2, 0.25) is 0 Å². The number of thioether (sulfide) groups is 1. The number of halogens is 1. The van der Waals surface area contributed by atoms with Gasteiger partial charge in [-0.05, 0) is 19.2 Å². The van der Waals surface area contributed by atoms with Crippen molar-refractivity contribution >= 4 is 16.9 Å². The molecule has 0 fully saturated rings. The van der Waals surface area contributed by atoms with Crippen molar-refractivity contribution in [3.8, 4) is 6.19 Å². The van der Waals surface area contributed by atoms with Crippen LogP contribution >= 0.6 is 11.8 Å². The summed E-state index contributed by atoms with van der Waals surface area (Å²) in [5, 5.41) is 11.4. The Bertz CT molecular complexity index is 425. The predicted molar refractivity (Wildman–Crippen MR) is 64.5 cm³/mol. The first-order valence-corrected chi connectivity index (χ1v) is 5.92. The van der Waals surface area contributed by atoms with Crippen molar-refractivity contribution in [3.05, 3.63) is 35.6 Å². The zero-order chi connectivity index (χ0) is 12.0.